The molecule has 5 nitrogen and oxygen atoms in total. The Kier molecular flexibility index (Phi) is 4.01. The Balaban J connectivity index is 1.86. The number of aromatic nitrogens is 2. The van der Waals surface area contributed by atoms with Crippen LogP contribution in [0.25, 0.3) is 0 Å². The maximum Gasteiger partial charge on any atom is 0.223 e. The molecule has 0 saturated heterocycles. The predicted octanol–water partition coefficient (Wildman–Crippen LogP) is 0.862. The zero-order chi connectivity index (χ0) is 13.1. The van der Waals surface area contributed by atoms with E-state index in [4.69, 9.17) is 5.73 Å². The summed E-state index contributed by atoms with van der Waals surface area (Å²) >= 11 is 0. The average Bonchev–Trinajstić information content (AvgIpc) is 2.67. The molecule has 5 heteroatoms. The van der Waals surface area contributed by atoms with Crippen LogP contribution in [0.5, 0.6) is 0 Å². The van der Waals surface area contributed by atoms with Crippen LogP contribution in [0.1, 0.15) is 36.9 Å². The van der Waals surface area contributed by atoms with Crippen LogP contribution < -0.4 is 11.1 Å². The molecule has 0 spiro atoms. The van der Waals surface area contributed by atoms with Crippen LogP contribution in [0.4, 0.5) is 0 Å². The number of hydrogen-bond acceptors (Lipinski definition) is 3. The summed E-state index contributed by atoms with van der Waals surface area (Å²) in [5.74, 6) is 0.221. The fourth-order valence-corrected chi connectivity index (χ4v) is 2.51. The van der Waals surface area contributed by atoms with Crippen molar-refractivity contribution in [1.82, 2.24) is 15.1 Å². The standard InChI is InChI=1S/C13H22N4O/c1-9-11(8-16-17(9)2)7-15-13(18)10-4-3-5-12(14)6-10/h8,10,12H,3-7,14H2,1-2H3,(H,15,18). The number of hydrogen-bond donors (Lipinski definition) is 2. The van der Waals surface area contributed by atoms with Crippen molar-refractivity contribution < 1.29 is 4.79 Å². The second kappa shape index (κ2) is 5.52. The first-order valence-electron chi connectivity index (χ1n) is 6.58. The molecule has 2 atom stereocenters. The van der Waals surface area contributed by atoms with Gasteiger partial charge in [-0.25, -0.2) is 0 Å². The highest BCUT2D eigenvalue weighted by Crippen LogP contribution is 2.23. The van der Waals surface area contributed by atoms with Gasteiger partial charge in [-0.15, -0.1) is 0 Å². The van der Waals surface area contributed by atoms with Gasteiger partial charge in [-0.05, 0) is 26.2 Å². The van der Waals surface area contributed by atoms with E-state index < -0.39 is 0 Å². The van der Waals surface area contributed by atoms with Crippen molar-refractivity contribution in [3.8, 4) is 0 Å². The zero-order valence-electron chi connectivity index (χ0n) is 11.1. The van der Waals surface area contributed by atoms with Crippen molar-refractivity contribution in [1.29, 1.82) is 0 Å². The number of nitrogens with one attached hydrogen (secondary N) is 1. The van der Waals surface area contributed by atoms with Gasteiger partial charge in [-0.1, -0.05) is 6.42 Å². The molecule has 1 heterocycles. The molecule has 18 heavy (non-hydrogen) atoms. The topological polar surface area (TPSA) is 72.9 Å². The number of nitrogens with two attached hydrogens (primary N) is 1. The Labute approximate surface area is 108 Å². The Morgan fingerprint density at radius 3 is 3.00 bits per heavy atom. The van der Waals surface area contributed by atoms with Gasteiger partial charge in [0.2, 0.25) is 5.91 Å². The highest BCUT2D eigenvalue weighted by Gasteiger charge is 2.25. The van der Waals surface area contributed by atoms with E-state index in [1.165, 1.54) is 0 Å². The van der Waals surface area contributed by atoms with E-state index in [1.807, 2.05) is 24.9 Å². The van der Waals surface area contributed by atoms with E-state index >= 15 is 0 Å². The van der Waals surface area contributed by atoms with Crippen molar-refractivity contribution in [2.75, 3.05) is 0 Å². The lowest BCUT2D eigenvalue weighted by Crippen LogP contribution is -2.37. The molecule has 0 aromatic carbocycles. The molecule has 1 aliphatic rings. The summed E-state index contributed by atoms with van der Waals surface area (Å²) in [6, 6.07) is 0.189. The maximum absolute atomic E-state index is 12.0. The highest BCUT2D eigenvalue weighted by molar-refractivity contribution is 5.78. The molecule has 0 bridgehead atoms. The number of amides is 1. The number of aryl methyl sites for hydroxylation is 1. The molecule has 1 saturated carbocycles. The number of rotatable bonds is 3. The largest absolute Gasteiger partial charge is 0.352 e. The van der Waals surface area contributed by atoms with E-state index in [-0.39, 0.29) is 17.9 Å². The van der Waals surface area contributed by atoms with Crippen LogP contribution in [0.2, 0.25) is 0 Å². The normalized spacial score (nSPS) is 23.9. The van der Waals surface area contributed by atoms with Gasteiger partial charge < -0.3 is 11.1 Å². The molecule has 2 rings (SSSR count). The van der Waals surface area contributed by atoms with Gasteiger partial charge >= 0.3 is 0 Å². The zero-order valence-corrected chi connectivity index (χ0v) is 11.1. The molecule has 1 aromatic heterocycles. The number of nitrogens with zero attached hydrogens (tertiary/aromatic N) is 2. The van der Waals surface area contributed by atoms with Gasteiger partial charge in [0.25, 0.3) is 0 Å². The van der Waals surface area contributed by atoms with Gasteiger partial charge in [0.15, 0.2) is 0 Å². The van der Waals surface area contributed by atoms with E-state index in [1.54, 1.807) is 0 Å². The molecular weight excluding hydrogens is 228 g/mol. The van der Waals surface area contributed by atoms with E-state index in [9.17, 15) is 4.79 Å². The summed E-state index contributed by atoms with van der Waals surface area (Å²) in [5.41, 5.74) is 8.07. The fraction of sp³-hybridized carbons (Fsp3) is 0.692. The average molecular weight is 250 g/mol. The molecule has 1 aliphatic carbocycles. The molecule has 0 aliphatic heterocycles. The first-order valence-corrected chi connectivity index (χ1v) is 6.58. The van der Waals surface area contributed by atoms with Crippen LogP contribution in [0, 0.1) is 12.8 Å². The molecule has 100 valence electrons. The molecule has 1 fully saturated rings. The predicted molar refractivity (Wildman–Crippen MR) is 69.7 cm³/mol. The minimum Gasteiger partial charge on any atom is -0.352 e. The van der Waals surface area contributed by atoms with E-state index in [0.29, 0.717) is 6.54 Å². The molecule has 0 radical (unpaired) electrons. The van der Waals surface area contributed by atoms with Crippen LogP contribution in [0.15, 0.2) is 6.20 Å². The van der Waals surface area contributed by atoms with Gasteiger partial charge in [0.1, 0.15) is 0 Å². The van der Waals surface area contributed by atoms with Gasteiger partial charge in [0.05, 0.1) is 6.20 Å². The lowest BCUT2D eigenvalue weighted by atomic mass is 9.85. The Morgan fingerprint density at radius 2 is 2.39 bits per heavy atom. The summed E-state index contributed by atoms with van der Waals surface area (Å²) in [6.45, 7) is 2.56. The second-order valence-corrected chi connectivity index (χ2v) is 5.22. The summed E-state index contributed by atoms with van der Waals surface area (Å²) in [7, 11) is 1.90. The summed E-state index contributed by atoms with van der Waals surface area (Å²) in [5, 5.41) is 7.16. The van der Waals surface area contributed by atoms with Crippen LogP contribution >= 0.6 is 0 Å². The summed E-state index contributed by atoms with van der Waals surface area (Å²) in [6.07, 6.45) is 5.70. The van der Waals surface area contributed by atoms with Gasteiger partial charge in [-0.2, -0.15) is 5.10 Å². The Hall–Kier alpha value is -1.36. The van der Waals surface area contributed by atoms with Gasteiger partial charge in [0, 0.05) is 36.8 Å². The minimum atomic E-state index is 0.0886. The van der Waals surface area contributed by atoms with Gasteiger partial charge in [-0.3, -0.25) is 9.48 Å². The SMILES string of the molecule is Cc1c(CNC(=O)C2CCCC(N)C2)cnn1C. The van der Waals surface area contributed by atoms with Crippen molar-refractivity contribution in [2.45, 2.75) is 45.2 Å². The quantitative estimate of drug-likeness (QED) is 0.835. The first-order chi connectivity index (χ1) is 8.58. The molecule has 3 N–H and O–H groups in total. The third-order valence-electron chi connectivity index (χ3n) is 3.88. The number of carbonyl (C=O) groups is 1. The molecule has 1 amide bonds. The molecule has 2 unspecified atom stereocenters. The van der Waals surface area contributed by atoms with Crippen molar-refractivity contribution >= 4 is 5.91 Å². The van der Waals surface area contributed by atoms with Crippen LogP contribution in [-0.4, -0.2) is 21.7 Å². The Morgan fingerprint density at radius 1 is 1.61 bits per heavy atom. The summed E-state index contributed by atoms with van der Waals surface area (Å²) < 4.78 is 1.82. The smallest absolute Gasteiger partial charge is 0.223 e. The third kappa shape index (κ3) is 2.90. The lowest BCUT2D eigenvalue weighted by molar-refractivity contribution is -0.126. The second-order valence-electron chi connectivity index (χ2n) is 5.22. The number of carbonyl (C=O) groups excluding carboxylic acids is 1. The fourth-order valence-electron chi connectivity index (χ4n) is 2.51. The van der Waals surface area contributed by atoms with Crippen LogP contribution in [0.3, 0.4) is 0 Å². The Bertz CT molecular complexity index is 427. The van der Waals surface area contributed by atoms with Crippen molar-refractivity contribution in [3.05, 3.63) is 17.5 Å². The van der Waals surface area contributed by atoms with E-state index in [2.05, 4.69) is 10.4 Å². The minimum absolute atomic E-state index is 0.0886. The van der Waals surface area contributed by atoms with Crippen LogP contribution in [-0.2, 0) is 18.4 Å². The highest BCUT2D eigenvalue weighted by atomic mass is 16.1. The molecule has 1 aromatic rings. The van der Waals surface area contributed by atoms with E-state index in [0.717, 1.165) is 36.9 Å². The summed E-state index contributed by atoms with van der Waals surface area (Å²) in [4.78, 5) is 12.0. The third-order valence-corrected chi connectivity index (χ3v) is 3.88. The van der Waals surface area contributed by atoms with Crippen molar-refractivity contribution in [3.63, 3.8) is 0 Å². The van der Waals surface area contributed by atoms with Crippen molar-refractivity contribution in [2.24, 2.45) is 18.7 Å². The monoisotopic (exact) mass is 250 g/mol. The first kappa shape index (κ1) is 13.1. The molecular formula is C13H22N4O. The lowest BCUT2D eigenvalue weighted by Gasteiger charge is -2.25. The maximum atomic E-state index is 12.0.